The number of halogens is 2. The van der Waals surface area contributed by atoms with Crippen LogP contribution in [-0.2, 0) is 14.4 Å². The Bertz CT molecular complexity index is 1590. The van der Waals surface area contributed by atoms with Crippen molar-refractivity contribution in [2.75, 3.05) is 4.90 Å². The first kappa shape index (κ1) is 44.0. The predicted molar refractivity (Wildman–Crippen MR) is 204 cm³/mol. The Balaban J connectivity index is 0.000000300. The number of carboxylic acid groups (broad SMARTS) is 2. The van der Waals surface area contributed by atoms with E-state index in [2.05, 4.69) is 0 Å². The van der Waals surface area contributed by atoms with Crippen molar-refractivity contribution in [1.82, 2.24) is 0 Å². The molecule has 3 atom stereocenters. The summed E-state index contributed by atoms with van der Waals surface area (Å²) in [5, 5.41) is 48.1. The van der Waals surface area contributed by atoms with Crippen molar-refractivity contribution >= 4 is 23.5 Å². The Morgan fingerprint density at radius 1 is 0.685 bits per heavy atom. The highest BCUT2D eigenvalue weighted by Crippen LogP contribution is 2.46. The summed E-state index contributed by atoms with van der Waals surface area (Å²) in [6.45, 7) is 6.98. The van der Waals surface area contributed by atoms with Crippen molar-refractivity contribution in [2.24, 2.45) is 16.7 Å². The molecule has 0 aromatic heterocycles. The first-order valence-corrected chi connectivity index (χ1v) is 18.9. The van der Waals surface area contributed by atoms with E-state index in [0.717, 1.165) is 56.9 Å². The minimum absolute atomic E-state index is 0.106. The summed E-state index contributed by atoms with van der Waals surface area (Å²) in [7, 11) is 0. The number of anilines is 1. The van der Waals surface area contributed by atoms with Crippen LogP contribution in [0, 0.1) is 28.4 Å². The van der Waals surface area contributed by atoms with Gasteiger partial charge in [0, 0.05) is 5.69 Å². The van der Waals surface area contributed by atoms with Crippen molar-refractivity contribution in [3.8, 4) is 5.75 Å². The molecule has 5 N–H and O–H groups in total. The SMILES string of the molecule is CC(C)(CCCCCC(O)CCCCCC(C)(C)C(=O)O)C(=O)O.O=C1[C@H](CC[C@H](O)c2ccc(F)cc2)[C@@H](c2ccc(O)cc2)N1c1ccc(F)cc1. The maximum Gasteiger partial charge on any atom is 0.309 e. The molecule has 11 heteroatoms. The molecule has 0 bridgehead atoms. The summed E-state index contributed by atoms with van der Waals surface area (Å²) in [5.41, 5.74) is 0.706. The van der Waals surface area contributed by atoms with Crippen LogP contribution >= 0.6 is 0 Å². The lowest BCUT2D eigenvalue weighted by atomic mass is 9.78. The Morgan fingerprint density at radius 3 is 1.61 bits per heavy atom. The van der Waals surface area contributed by atoms with Gasteiger partial charge in [-0.25, -0.2) is 8.78 Å². The van der Waals surface area contributed by atoms with Crippen molar-refractivity contribution < 1.29 is 48.7 Å². The summed E-state index contributed by atoms with van der Waals surface area (Å²) in [4.78, 5) is 36.5. The number of aliphatic hydroxyl groups is 2. The van der Waals surface area contributed by atoms with Gasteiger partial charge in [-0.2, -0.15) is 0 Å². The van der Waals surface area contributed by atoms with Crippen molar-refractivity contribution in [1.29, 1.82) is 0 Å². The summed E-state index contributed by atoms with van der Waals surface area (Å²) in [6, 6.07) is 17.7. The van der Waals surface area contributed by atoms with Gasteiger partial charge in [-0.1, -0.05) is 62.8 Å². The second-order valence-electron chi connectivity index (χ2n) is 15.7. The first-order chi connectivity index (χ1) is 25.4. The number of nitrogens with zero attached hydrogens (tertiary/aromatic N) is 1. The summed E-state index contributed by atoms with van der Waals surface area (Å²) in [6.07, 6.45) is 7.98. The maximum atomic E-state index is 13.3. The van der Waals surface area contributed by atoms with Gasteiger partial charge in [0.05, 0.1) is 35.0 Å². The highest BCUT2D eigenvalue weighted by molar-refractivity contribution is 6.03. The van der Waals surface area contributed by atoms with Crippen molar-refractivity contribution in [2.45, 2.75) is 123 Å². The molecule has 0 saturated carbocycles. The van der Waals surface area contributed by atoms with Crippen LogP contribution in [0.5, 0.6) is 5.75 Å². The molecule has 3 aromatic rings. The van der Waals surface area contributed by atoms with Gasteiger partial charge in [0.25, 0.3) is 0 Å². The number of aromatic hydroxyl groups is 1. The van der Waals surface area contributed by atoms with E-state index in [1.807, 2.05) is 0 Å². The van der Waals surface area contributed by atoms with Gasteiger partial charge in [0.2, 0.25) is 5.91 Å². The molecule has 4 rings (SSSR count). The topological polar surface area (TPSA) is 156 Å². The quantitative estimate of drug-likeness (QED) is 0.0565. The summed E-state index contributed by atoms with van der Waals surface area (Å²) >= 11 is 0. The Labute approximate surface area is 317 Å². The number of β-lactam (4-membered cyclic amide) rings is 1. The normalized spacial score (nSPS) is 16.4. The lowest BCUT2D eigenvalue weighted by Gasteiger charge is -2.48. The van der Waals surface area contributed by atoms with Crippen LogP contribution in [0.15, 0.2) is 72.8 Å². The fourth-order valence-electron chi connectivity index (χ4n) is 6.57. The second kappa shape index (κ2) is 20.4. The van der Waals surface area contributed by atoms with Gasteiger partial charge in [-0.15, -0.1) is 0 Å². The smallest absolute Gasteiger partial charge is 0.309 e. The summed E-state index contributed by atoms with van der Waals surface area (Å²) < 4.78 is 26.4. The molecule has 1 saturated heterocycles. The average Bonchev–Trinajstić information content (AvgIpc) is 3.12. The average molecular weight is 754 g/mol. The number of carbonyl (C=O) groups excluding carboxylic acids is 1. The molecule has 54 heavy (non-hydrogen) atoms. The van der Waals surface area contributed by atoms with E-state index >= 15 is 0 Å². The number of carbonyl (C=O) groups is 3. The molecular weight excluding hydrogens is 696 g/mol. The number of rotatable bonds is 20. The fraction of sp³-hybridized carbons (Fsp3) is 0.512. The lowest BCUT2D eigenvalue weighted by molar-refractivity contribution is -0.148. The lowest BCUT2D eigenvalue weighted by Crippen LogP contribution is -2.55. The molecule has 3 aromatic carbocycles. The molecule has 1 heterocycles. The van der Waals surface area contributed by atoms with E-state index in [9.17, 15) is 38.5 Å². The molecule has 0 aliphatic carbocycles. The largest absolute Gasteiger partial charge is 0.508 e. The minimum Gasteiger partial charge on any atom is -0.508 e. The van der Waals surface area contributed by atoms with Gasteiger partial charge >= 0.3 is 11.9 Å². The number of phenols is 1. The standard InChI is InChI=1S/C24H21F2NO3.C19H36O5/c25-17-5-1-15(2-6-17)22(29)14-13-21-23(16-3-11-20(28)12-4-16)27(24(21)30)19-9-7-18(26)8-10-19;1-18(2,16(21)22)13-9-5-7-11-15(20)12-8-6-10-14-19(3,4)17(23)24/h1-12,21-23,28-29H,13-14H2;15,20H,5-14H2,1-4H3,(H,21,22)(H,23,24)/t21-,22+,23-;/m1./s1. The third kappa shape index (κ3) is 13.2. The van der Waals surface area contributed by atoms with E-state index in [0.29, 0.717) is 36.9 Å². The van der Waals surface area contributed by atoms with Gasteiger partial charge in [-0.05, 0) is 126 Å². The molecule has 1 aliphatic heterocycles. The van der Waals surface area contributed by atoms with Crippen molar-refractivity contribution in [3.63, 3.8) is 0 Å². The van der Waals surface area contributed by atoms with Gasteiger partial charge in [0.15, 0.2) is 0 Å². The molecule has 296 valence electrons. The van der Waals surface area contributed by atoms with E-state index in [4.69, 9.17) is 10.2 Å². The van der Waals surface area contributed by atoms with E-state index in [1.54, 1.807) is 69.0 Å². The molecule has 0 spiro atoms. The van der Waals surface area contributed by atoms with Crippen LogP contribution in [-0.4, -0.2) is 49.5 Å². The zero-order valence-electron chi connectivity index (χ0n) is 31.9. The van der Waals surface area contributed by atoms with Gasteiger partial charge in [0.1, 0.15) is 17.4 Å². The maximum absolute atomic E-state index is 13.3. The highest BCUT2D eigenvalue weighted by atomic mass is 19.1. The predicted octanol–water partition coefficient (Wildman–Crippen LogP) is 9.36. The van der Waals surface area contributed by atoms with Crippen LogP contribution in [0.1, 0.15) is 128 Å². The molecule has 0 radical (unpaired) electrons. The van der Waals surface area contributed by atoms with Crippen LogP contribution in [0.2, 0.25) is 0 Å². The van der Waals surface area contributed by atoms with Crippen LogP contribution < -0.4 is 4.90 Å². The zero-order chi connectivity index (χ0) is 40.1. The number of hydrogen-bond acceptors (Lipinski definition) is 6. The number of phenolic OH excluding ortho intramolecular Hbond substituents is 1. The Kier molecular flexibility index (Phi) is 16.6. The molecular formula is C43H57F2NO8. The number of benzene rings is 3. The molecule has 9 nitrogen and oxygen atoms in total. The van der Waals surface area contributed by atoms with E-state index in [-0.39, 0.29) is 41.4 Å². The highest BCUT2D eigenvalue weighted by Gasteiger charge is 2.48. The second-order valence-corrected chi connectivity index (χ2v) is 15.7. The molecule has 0 unspecified atom stereocenters. The number of unbranched alkanes of at least 4 members (excludes halogenated alkanes) is 4. The number of aliphatic carboxylic acids is 2. The third-order valence-corrected chi connectivity index (χ3v) is 10.4. The Hall–Kier alpha value is -4.35. The van der Waals surface area contributed by atoms with Gasteiger partial charge < -0.3 is 30.4 Å². The molecule has 1 fully saturated rings. The first-order valence-electron chi connectivity index (χ1n) is 18.9. The molecule has 1 amide bonds. The summed E-state index contributed by atoms with van der Waals surface area (Å²) in [5.74, 6) is -2.61. The third-order valence-electron chi connectivity index (χ3n) is 10.4. The van der Waals surface area contributed by atoms with Crippen molar-refractivity contribution in [3.05, 3.63) is 95.6 Å². The zero-order valence-corrected chi connectivity index (χ0v) is 31.9. The monoisotopic (exact) mass is 753 g/mol. The van der Waals surface area contributed by atoms with Gasteiger partial charge in [-0.3, -0.25) is 14.4 Å². The van der Waals surface area contributed by atoms with Crippen LogP contribution in [0.4, 0.5) is 14.5 Å². The number of amides is 1. The van der Waals surface area contributed by atoms with E-state index < -0.39 is 28.9 Å². The number of hydrogen-bond donors (Lipinski definition) is 5. The van der Waals surface area contributed by atoms with E-state index in [1.165, 1.54) is 36.4 Å². The minimum atomic E-state index is -0.807. The van der Waals surface area contributed by atoms with Crippen LogP contribution in [0.25, 0.3) is 0 Å². The van der Waals surface area contributed by atoms with Crippen LogP contribution in [0.3, 0.4) is 0 Å². The number of carboxylic acids is 2. The fourth-order valence-corrected chi connectivity index (χ4v) is 6.57. The Morgan fingerprint density at radius 2 is 1.15 bits per heavy atom. The number of aliphatic hydroxyl groups excluding tert-OH is 2. The molecule has 1 aliphatic rings.